The first-order valence-electron chi connectivity index (χ1n) is 11.0. The fourth-order valence-electron chi connectivity index (χ4n) is 4.46. The molecule has 1 atom stereocenters. The van der Waals surface area contributed by atoms with E-state index in [9.17, 15) is 9.59 Å². The van der Waals surface area contributed by atoms with E-state index >= 15 is 0 Å². The molecule has 2 aliphatic rings. The lowest BCUT2D eigenvalue weighted by molar-refractivity contribution is -0.138. The van der Waals surface area contributed by atoms with Crippen LogP contribution in [0.15, 0.2) is 41.8 Å². The summed E-state index contributed by atoms with van der Waals surface area (Å²) in [5.74, 6) is 0.893. The van der Waals surface area contributed by atoms with E-state index in [4.69, 9.17) is 9.47 Å². The maximum atomic E-state index is 13.4. The maximum absolute atomic E-state index is 13.4. The standard InChI is InChI=1S/C24H30N2O4S/c1-29-20-10-8-18(9-11-20)24(28)26(19-5-2-3-6-19)17-21-16-25(12-13-30-21)23(27)15-22-7-4-14-31-22/h4,7-11,14,19,21H,2-3,5-6,12-13,15-17H2,1H3. The van der Waals surface area contributed by atoms with Crippen molar-refractivity contribution >= 4 is 23.2 Å². The Morgan fingerprint density at radius 3 is 2.65 bits per heavy atom. The zero-order valence-corrected chi connectivity index (χ0v) is 18.8. The molecule has 7 heteroatoms. The first-order valence-corrected chi connectivity index (χ1v) is 11.9. The largest absolute Gasteiger partial charge is 0.497 e. The minimum Gasteiger partial charge on any atom is -0.497 e. The van der Waals surface area contributed by atoms with Crippen LogP contribution in [0.2, 0.25) is 0 Å². The number of amides is 2. The number of hydrogen-bond acceptors (Lipinski definition) is 5. The van der Waals surface area contributed by atoms with Crippen molar-refractivity contribution in [3.05, 3.63) is 52.2 Å². The van der Waals surface area contributed by atoms with E-state index in [0.717, 1.165) is 36.3 Å². The van der Waals surface area contributed by atoms with Crippen molar-refractivity contribution in [2.24, 2.45) is 0 Å². The Labute approximate surface area is 187 Å². The van der Waals surface area contributed by atoms with Gasteiger partial charge >= 0.3 is 0 Å². The number of carbonyl (C=O) groups excluding carboxylic acids is 2. The highest BCUT2D eigenvalue weighted by molar-refractivity contribution is 7.10. The van der Waals surface area contributed by atoms with Gasteiger partial charge in [-0.2, -0.15) is 0 Å². The molecule has 166 valence electrons. The molecule has 2 fully saturated rings. The van der Waals surface area contributed by atoms with E-state index in [1.54, 1.807) is 18.4 Å². The van der Waals surface area contributed by atoms with Crippen molar-refractivity contribution in [2.75, 3.05) is 33.4 Å². The second kappa shape index (κ2) is 10.3. The van der Waals surface area contributed by atoms with Crippen molar-refractivity contribution < 1.29 is 19.1 Å². The minimum atomic E-state index is -0.163. The van der Waals surface area contributed by atoms with Crippen LogP contribution in [0.4, 0.5) is 0 Å². The van der Waals surface area contributed by atoms with E-state index in [1.165, 1.54) is 0 Å². The third kappa shape index (κ3) is 5.46. The number of thiophene rings is 1. The van der Waals surface area contributed by atoms with Crippen LogP contribution in [-0.4, -0.2) is 67.1 Å². The average molecular weight is 443 g/mol. The summed E-state index contributed by atoms with van der Waals surface area (Å²) in [5.41, 5.74) is 0.661. The van der Waals surface area contributed by atoms with Gasteiger partial charge in [-0.1, -0.05) is 18.9 Å². The van der Waals surface area contributed by atoms with Crippen LogP contribution < -0.4 is 4.74 Å². The Kier molecular flexibility index (Phi) is 7.25. The summed E-state index contributed by atoms with van der Waals surface area (Å²) in [5, 5.41) is 2.00. The van der Waals surface area contributed by atoms with Gasteiger partial charge in [-0.25, -0.2) is 0 Å². The van der Waals surface area contributed by atoms with Crippen LogP contribution in [0.5, 0.6) is 5.75 Å². The molecule has 31 heavy (non-hydrogen) atoms. The summed E-state index contributed by atoms with van der Waals surface area (Å²) in [6, 6.07) is 11.5. The lowest BCUT2D eigenvalue weighted by Gasteiger charge is -2.38. The zero-order chi connectivity index (χ0) is 21.6. The van der Waals surface area contributed by atoms with E-state index in [0.29, 0.717) is 38.2 Å². The SMILES string of the molecule is COc1ccc(C(=O)N(CC2CN(C(=O)Cc3cccs3)CCO2)C2CCCC2)cc1. The molecule has 1 saturated carbocycles. The van der Waals surface area contributed by atoms with Gasteiger partial charge in [0.25, 0.3) is 5.91 Å². The topological polar surface area (TPSA) is 59.1 Å². The smallest absolute Gasteiger partial charge is 0.254 e. The Hall–Kier alpha value is -2.38. The molecule has 1 saturated heterocycles. The fraction of sp³-hybridized carbons (Fsp3) is 0.500. The van der Waals surface area contributed by atoms with Crippen molar-refractivity contribution in [3.8, 4) is 5.75 Å². The number of morpholine rings is 1. The van der Waals surface area contributed by atoms with Crippen LogP contribution >= 0.6 is 11.3 Å². The minimum absolute atomic E-state index is 0.0280. The van der Waals surface area contributed by atoms with Gasteiger partial charge in [0.15, 0.2) is 0 Å². The molecule has 1 aromatic carbocycles. The van der Waals surface area contributed by atoms with Gasteiger partial charge < -0.3 is 19.3 Å². The van der Waals surface area contributed by atoms with Crippen LogP contribution in [0.1, 0.15) is 40.9 Å². The van der Waals surface area contributed by atoms with Gasteiger partial charge in [-0.05, 0) is 48.6 Å². The maximum Gasteiger partial charge on any atom is 0.254 e. The van der Waals surface area contributed by atoms with E-state index in [2.05, 4.69) is 0 Å². The summed E-state index contributed by atoms with van der Waals surface area (Å²) in [6.07, 6.45) is 4.61. The fourth-order valence-corrected chi connectivity index (χ4v) is 5.16. The molecule has 1 unspecified atom stereocenters. The predicted octanol–water partition coefficient (Wildman–Crippen LogP) is 3.61. The number of benzene rings is 1. The number of ether oxygens (including phenoxy) is 2. The van der Waals surface area contributed by atoms with Crippen LogP contribution in [-0.2, 0) is 16.0 Å². The second-order valence-electron chi connectivity index (χ2n) is 8.21. The highest BCUT2D eigenvalue weighted by atomic mass is 32.1. The molecule has 1 aliphatic heterocycles. The lowest BCUT2D eigenvalue weighted by atomic mass is 10.1. The van der Waals surface area contributed by atoms with Crippen LogP contribution in [0.25, 0.3) is 0 Å². The quantitative estimate of drug-likeness (QED) is 0.657. The zero-order valence-electron chi connectivity index (χ0n) is 18.0. The highest BCUT2D eigenvalue weighted by Gasteiger charge is 2.32. The molecule has 2 amide bonds. The molecular weight excluding hydrogens is 412 g/mol. The monoisotopic (exact) mass is 442 g/mol. The van der Waals surface area contributed by atoms with E-state index < -0.39 is 0 Å². The third-order valence-electron chi connectivity index (χ3n) is 6.16. The van der Waals surface area contributed by atoms with Crippen LogP contribution in [0.3, 0.4) is 0 Å². The molecule has 6 nitrogen and oxygen atoms in total. The van der Waals surface area contributed by atoms with Gasteiger partial charge in [-0.3, -0.25) is 9.59 Å². The molecule has 0 N–H and O–H groups in total. The number of rotatable bonds is 7. The van der Waals surface area contributed by atoms with Gasteiger partial charge in [0.1, 0.15) is 5.75 Å². The first kappa shape index (κ1) is 21.8. The van der Waals surface area contributed by atoms with Crippen LogP contribution in [0, 0.1) is 0 Å². The lowest BCUT2D eigenvalue weighted by Crippen LogP contribution is -2.52. The van der Waals surface area contributed by atoms with Crippen molar-refractivity contribution in [3.63, 3.8) is 0 Å². The number of carbonyl (C=O) groups is 2. The number of methoxy groups -OCH3 is 1. The third-order valence-corrected chi connectivity index (χ3v) is 7.04. The molecule has 1 aromatic heterocycles. The van der Waals surface area contributed by atoms with E-state index in [-0.39, 0.29) is 24.0 Å². The van der Waals surface area contributed by atoms with Crippen molar-refractivity contribution in [2.45, 2.75) is 44.2 Å². The molecule has 4 rings (SSSR count). The normalized spacial score (nSPS) is 19.4. The number of nitrogens with zero attached hydrogens (tertiary/aromatic N) is 2. The molecule has 2 aromatic rings. The summed E-state index contributed by atoms with van der Waals surface area (Å²) in [6.45, 7) is 2.16. The van der Waals surface area contributed by atoms with E-state index in [1.807, 2.05) is 51.6 Å². The summed E-state index contributed by atoms with van der Waals surface area (Å²) in [7, 11) is 1.62. The molecular formula is C24H30N2O4S. The predicted molar refractivity (Wildman–Crippen MR) is 121 cm³/mol. The van der Waals surface area contributed by atoms with Gasteiger partial charge in [0.2, 0.25) is 5.91 Å². The molecule has 0 spiro atoms. The molecule has 0 bridgehead atoms. The second-order valence-corrected chi connectivity index (χ2v) is 9.25. The Balaban J connectivity index is 1.43. The Morgan fingerprint density at radius 2 is 1.97 bits per heavy atom. The molecule has 0 radical (unpaired) electrons. The highest BCUT2D eigenvalue weighted by Crippen LogP contribution is 2.26. The average Bonchev–Trinajstić information content (AvgIpc) is 3.52. The summed E-state index contributed by atoms with van der Waals surface area (Å²) in [4.78, 5) is 31.1. The Bertz CT molecular complexity index is 862. The van der Waals surface area contributed by atoms with Crippen molar-refractivity contribution in [1.82, 2.24) is 9.80 Å². The summed E-state index contributed by atoms with van der Waals surface area (Å²) < 4.78 is 11.2. The van der Waals surface area contributed by atoms with Gasteiger partial charge in [0, 0.05) is 36.1 Å². The summed E-state index contributed by atoms with van der Waals surface area (Å²) >= 11 is 1.61. The Morgan fingerprint density at radius 1 is 1.19 bits per heavy atom. The molecule has 2 heterocycles. The number of hydrogen-bond donors (Lipinski definition) is 0. The van der Waals surface area contributed by atoms with Gasteiger partial charge in [0.05, 0.1) is 26.2 Å². The first-order chi connectivity index (χ1) is 15.1. The van der Waals surface area contributed by atoms with Crippen molar-refractivity contribution in [1.29, 1.82) is 0 Å². The molecule has 1 aliphatic carbocycles. The van der Waals surface area contributed by atoms with Gasteiger partial charge in [-0.15, -0.1) is 11.3 Å².